The van der Waals surface area contributed by atoms with Gasteiger partial charge in [0, 0.05) is 19.8 Å². The summed E-state index contributed by atoms with van der Waals surface area (Å²) in [4.78, 5) is 0.100. The number of hydrogen-bond acceptors (Lipinski definition) is 6. The van der Waals surface area contributed by atoms with Crippen LogP contribution in [-0.4, -0.2) is 39.5 Å². The van der Waals surface area contributed by atoms with Gasteiger partial charge in [-0.2, -0.15) is 5.10 Å². The molecule has 0 spiro atoms. The lowest BCUT2D eigenvalue weighted by Gasteiger charge is -2.03. The summed E-state index contributed by atoms with van der Waals surface area (Å²) in [6.45, 7) is 0.938. The van der Waals surface area contributed by atoms with Crippen molar-refractivity contribution in [3.05, 3.63) is 24.5 Å². The maximum Gasteiger partial charge on any atom is 0.244 e. The highest BCUT2D eigenvalue weighted by atomic mass is 32.2. The largest absolute Gasteiger partial charge is 0.329 e. The molecule has 2 heterocycles. The summed E-state index contributed by atoms with van der Waals surface area (Å²) in [5, 5.41) is 11.4. The van der Waals surface area contributed by atoms with Crippen molar-refractivity contribution in [2.24, 2.45) is 12.8 Å². The van der Waals surface area contributed by atoms with Crippen molar-refractivity contribution in [2.75, 3.05) is 6.54 Å². The van der Waals surface area contributed by atoms with E-state index in [-0.39, 0.29) is 11.4 Å². The normalized spacial score (nSPS) is 11.9. The molecule has 19 heavy (non-hydrogen) atoms. The number of nitrogens with zero attached hydrogens (tertiary/aromatic N) is 5. The molecule has 0 unspecified atom stereocenters. The summed E-state index contributed by atoms with van der Waals surface area (Å²) in [7, 11) is -1.87. The number of sulfonamides is 1. The van der Waals surface area contributed by atoms with Gasteiger partial charge in [0.15, 0.2) is 0 Å². The molecule has 10 heteroatoms. The molecular weight excluding hydrogens is 270 g/mol. The Morgan fingerprint density at radius 1 is 1.47 bits per heavy atom. The first-order chi connectivity index (χ1) is 9.03. The van der Waals surface area contributed by atoms with E-state index in [1.54, 1.807) is 11.6 Å². The molecule has 0 aromatic carbocycles. The minimum absolute atomic E-state index is 0.0703. The van der Waals surface area contributed by atoms with E-state index in [1.165, 1.54) is 23.4 Å². The van der Waals surface area contributed by atoms with Gasteiger partial charge >= 0.3 is 0 Å². The number of hydrogen-bond donors (Lipinski definition) is 2. The zero-order valence-electron chi connectivity index (χ0n) is 10.4. The van der Waals surface area contributed by atoms with E-state index in [0.717, 1.165) is 0 Å². The van der Waals surface area contributed by atoms with Crippen molar-refractivity contribution in [1.29, 1.82) is 0 Å². The molecule has 2 aromatic rings. The second-order valence-corrected chi connectivity index (χ2v) is 5.68. The molecule has 0 saturated carbocycles. The number of aromatic nitrogens is 5. The van der Waals surface area contributed by atoms with Gasteiger partial charge in [-0.05, 0) is 0 Å². The SMILES string of the molecule is Cn1cnnc1CNS(=O)(=O)c1cnn(CCN)c1. The van der Waals surface area contributed by atoms with Crippen molar-refractivity contribution in [2.45, 2.75) is 18.0 Å². The van der Waals surface area contributed by atoms with Gasteiger partial charge in [-0.25, -0.2) is 13.1 Å². The van der Waals surface area contributed by atoms with Crippen molar-refractivity contribution in [3.63, 3.8) is 0 Å². The number of aryl methyl sites for hydroxylation is 1. The van der Waals surface area contributed by atoms with Crippen LogP contribution in [0.25, 0.3) is 0 Å². The third-order valence-corrected chi connectivity index (χ3v) is 3.86. The van der Waals surface area contributed by atoms with Crippen LogP contribution in [-0.2, 0) is 30.2 Å². The molecule has 0 bridgehead atoms. The van der Waals surface area contributed by atoms with Crippen molar-refractivity contribution < 1.29 is 8.42 Å². The van der Waals surface area contributed by atoms with Crippen molar-refractivity contribution in [3.8, 4) is 0 Å². The van der Waals surface area contributed by atoms with Gasteiger partial charge in [0.1, 0.15) is 17.0 Å². The van der Waals surface area contributed by atoms with Gasteiger partial charge in [0.2, 0.25) is 10.0 Å². The maximum absolute atomic E-state index is 12.0. The lowest BCUT2D eigenvalue weighted by molar-refractivity contribution is 0.576. The predicted octanol–water partition coefficient (Wildman–Crippen LogP) is -1.55. The highest BCUT2D eigenvalue weighted by Gasteiger charge is 2.17. The van der Waals surface area contributed by atoms with Crippen LogP contribution in [0.2, 0.25) is 0 Å². The Balaban J connectivity index is 2.07. The third-order valence-electron chi connectivity index (χ3n) is 2.50. The van der Waals surface area contributed by atoms with Gasteiger partial charge in [-0.1, -0.05) is 0 Å². The van der Waals surface area contributed by atoms with E-state index >= 15 is 0 Å². The maximum atomic E-state index is 12.0. The van der Waals surface area contributed by atoms with Crippen LogP contribution >= 0.6 is 0 Å². The van der Waals surface area contributed by atoms with Gasteiger partial charge in [-0.3, -0.25) is 4.68 Å². The second-order valence-electron chi connectivity index (χ2n) is 3.91. The van der Waals surface area contributed by atoms with Crippen LogP contribution < -0.4 is 10.5 Å². The minimum atomic E-state index is -3.61. The molecule has 104 valence electrons. The molecule has 0 radical (unpaired) electrons. The van der Waals surface area contributed by atoms with E-state index in [1.807, 2.05) is 0 Å². The van der Waals surface area contributed by atoms with Crippen LogP contribution in [0.3, 0.4) is 0 Å². The lowest BCUT2D eigenvalue weighted by Crippen LogP contribution is -2.24. The van der Waals surface area contributed by atoms with E-state index in [2.05, 4.69) is 20.0 Å². The Labute approximate surface area is 110 Å². The molecular formula is C9H15N7O2S. The van der Waals surface area contributed by atoms with Crippen LogP contribution in [0.4, 0.5) is 0 Å². The Kier molecular flexibility index (Phi) is 3.93. The molecule has 0 fully saturated rings. The van der Waals surface area contributed by atoms with E-state index in [0.29, 0.717) is 18.9 Å². The van der Waals surface area contributed by atoms with Crippen LogP contribution in [0.1, 0.15) is 5.82 Å². The molecule has 0 amide bonds. The predicted molar refractivity (Wildman–Crippen MR) is 66.3 cm³/mol. The van der Waals surface area contributed by atoms with Gasteiger partial charge in [0.05, 0.1) is 19.3 Å². The zero-order chi connectivity index (χ0) is 13.9. The fraction of sp³-hybridized carbons (Fsp3) is 0.444. The number of nitrogens with two attached hydrogens (primary N) is 1. The highest BCUT2D eigenvalue weighted by molar-refractivity contribution is 7.89. The molecule has 0 aliphatic heterocycles. The molecule has 0 atom stereocenters. The molecule has 3 N–H and O–H groups in total. The van der Waals surface area contributed by atoms with Gasteiger partial charge < -0.3 is 10.3 Å². The summed E-state index contributed by atoms with van der Waals surface area (Å²) >= 11 is 0. The summed E-state index contributed by atoms with van der Waals surface area (Å²) in [6, 6.07) is 0. The van der Waals surface area contributed by atoms with E-state index < -0.39 is 10.0 Å². The van der Waals surface area contributed by atoms with Crippen LogP contribution in [0, 0.1) is 0 Å². The molecule has 0 aliphatic carbocycles. The summed E-state index contributed by atoms with van der Waals surface area (Å²) in [5.41, 5.74) is 5.37. The number of rotatable bonds is 6. The first-order valence-corrected chi connectivity index (χ1v) is 7.06. The summed E-state index contributed by atoms with van der Waals surface area (Å²) < 4.78 is 29.6. The summed E-state index contributed by atoms with van der Waals surface area (Å²) in [5.74, 6) is 0.526. The quantitative estimate of drug-likeness (QED) is 0.662. The van der Waals surface area contributed by atoms with Crippen molar-refractivity contribution in [1.82, 2.24) is 29.3 Å². The first kappa shape index (κ1) is 13.6. The lowest BCUT2D eigenvalue weighted by atomic mass is 10.6. The van der Waals surface area contributed by atoms with Crippen LogP contribution in [0.5, 0.6) is 0 Å². The van der Waals surface area contributed by atoms with Gasteiger partial charge in [0.25, 0.3) is 0 Å². The second kappa shape index (κ2) is 5.47. The fourth-order valence-corrected chi connectivity index (χ4v) is 2.38. The molecule has 0 saturated heterocycles. The Morgan fingerprint density at radius 3 is 2.89 bits per heavy atom. The fourth-order valence-electron chi connectivity index (χ4n) is 1.45. The Morgan fingerprint density at radius 2 is 2.26 bits per heavy atom. The monoisotopic (exact) mass is 285 g/mol. The number of nitrogens with one attached hydrogen (secondary N) is 1. The standard InChI is InChI=1S/C9H15N7O2S/c1-15-7-11-14-9(15)5-13-19(17,18)8-4-12-16(6-8)3-2-10/h4,6-7,13H,2-3,5,10H2,1H3. The molecule has 9 nitrogen and oxygen atoms in total. The van der Waals surface area contributed by atoms with Crippen molar-refractivity contribution >= 4 is 10.0 Å². The van der Waals surface area contributed by atoms with Crippen LogP contribution in [0.15, 0.2) is 23.6 Å². The minimum Gasteiger partial charge on any atom is -0.329 e. The summed E-state index contributed by atoms with van der Waals surface area (Å²) in [6.07, 6.45) is 4.23. The third kappa shape index (κ3) is 3.16. The Hall–Kier alpha value is -1.78. The molecule has 2 rings (SSSR count). The smallest absolute Gasteiger partial charge is 0.244 e. The van der Waals surface area contributed by atoms with E-state index in [4.69, 9.17) is 5.73 Å². The molecule has 2 aromatic heterocycles. The molecule has 0 aliphatic rings. The first-order valence-electron chi connectivity index (χ1n) is 5.58. The average molecular weight is 285 g/mol. The average Bonchev–Trinajstić information content (AvgIpc) is 2.97. The zero-order valence-corrected chi connectivity index (χ0v) is 11.2. The highest BCUT2D eigenvalue weighted by Crippen LogP contribution is 2.07. The Bertz CT molecular complexity index is 645. The van der Waals surface area contributed by atoms with E-state index in [9.17, 15) is 8.42 Å². The van der Waals surface area contributed by atoms with Gasteiger partial charge in [-0.15, -0.1) is 10.2 Å². The topological polar surface area (TPSA) is 121 Å².